The molecule has 0 spiro atoms. The Hall–Kier alpha value is -2.77. The summed E-state index contributed by atoms with van der Waals surface area (Å²) in [5.74, 6) is -0.653. The molecule has 0 fully saturated rings. The Morgan fingerprint density at radius 2 is 1.67 bits per heavy atom. The molecule has 3 rings (SSSR count). The molecule has 0 aliphatic heterocycles. The van der Waals surface area contributed by atoms with E-state index in [-0.39, 0.29) is 10.8 Å². The largest absolute Gasteiger partial charge is 0.325 e. The Bertz CT molecular complexity index is 1050. The zero-order valence-electron chi connectivity index (χ0n) is 15.1. The minimum absolute atomic E-state index is 0.0544. The fourth-order valence-electron chi connectivity index (χ4n) is 2.76. The van der Waals surface area contributed by atoms with Crippen LogP contribution in [0.2, 0.25) is 0 Å². The van der Waals surface area contributed by atoms with E-state index in [2.05, 4.69) is 15.0 Å². The Kier molecular flexibility index (Phi) is 5.53. The maximum atomic E-state index is 13.0. The third-order valence-corrected chi connectivity index (χ3v) is 5.63. The molecule has 1 amide bonds. The van der Waals surface area contributed by atoms with E-state index in [1.807, 2.05) is 6.07 Å². The van der Waals surface area contributed by atoms with E-state index in [9.17, 15) is 13.2 Å². The molecule has 27 heavy (non-hydrogen) atoms. The fourth-order valence-corrected chi connectivity index (χ4v) is 4.28. The Morgan fingerprint density at radius 3 is 2.37 bits per heavy atom. The first-order chi connectivity index (χ1) is 12.9. The van der Waals surface area contributed by atoms with Crippen LogP contribution in [0.5, 0.6) is 0 Å². The molecule has 0 bridgehead atoms. The van der Waals surface area contributed by atoms with E-state index in [4.69, 9.17) is 0 Å². The van der Waals surface area contributed by atoms with Crippen LogP contribution in [0.25, 0.3) is 10.9 Å². The standard InChI is InChI=1S/C20H21N3O3S/c1-14(2)18(20(24)22-16-10-4-3-5-11-16)23-27(25,26)17-12-6-8-15-9-7-13-21-19(15)17/h3-14,18,23H,1-2H3,(H,22,24). The van der Waals surface area contributed by atoms with Crippen LogP contribution in [0, 0.1) is 5.92 Å². The normalized spacial score (nSPS) is 12.9. The molecular weight excluding hydrogens is 362 g/mol. The van der Waals surface area contributed by atoms with Crippen LogP contribution < -0.4 is 10.0 Å². The zero-order chi connectivity index (χ0) is 19.4. The number of carbonyl (C=O) groups excluding carboxylic acids is 1. The number of hydrogen-bond donors (Lipinski definition) is 2. The molecule has 0 saturated heterocycles. The van der Waals surface area contributed by atoms with Gasteiger partial charge < -0.3 is 5.32 Å². The van der Waals surface area contributed by atoms with Gasteiger partial charge in [0.2, 0.25) is 15.9 Å². The van der Waals surface area contributed by atoms with Crippen molar-refractivity contribution in [2.75, 3.05) is 5.32 Å². The van der Waals surface area contributed by atoms with E-state index in [1.165, 1.54) is 6.07 Å². The van der Waals surface area contributed by atoms with Gasteiger partial charge in [0.1, 0.15) is 10.9 Å². The highest BCUT2D eigenvalue weighted by Gasteiger charge is 2.29. The van der Waals surface area contributed by atoms with E-state index in [0.29, 0.717) is 11.2 Å². The molecule has 2 aromatic carbocycles. The maximum absolute atomic E-state index is 13.0. The predicted octanol–water partition coefficient (Wildman–Crippen LogP) is 3.18. The molecule has 140 valence electrons. The van der Waals surface area contributed by atoms with Crippen LogP contribution >= 0.6 is 0 Å². The van der Waals surface area contributed by atoms with Crippen LogP contribution in [0.4, 0.5) is 5.69 Å². The minimum atomic E-state index is -3.94. The first-order valence-corrected chi connectivity index (χ1v) is 10.1. The third kappa shape index (κ3) is 4.32. The van der Waals surface area contributed by atoms with Gasteiger partial charge in [0.15, 0.2) is 0 Å². The van der Waals surface area contributed by atoms with Gasteiger partial charge in [-0.15, -0.1) is 0 Å². The summed E-state index contributed by atoms with van der Waals surface area (Å²) in [4.78, 5) is 16.9. The Morgan fingerprint density at radius 1 is 0.963 bits per heavy atom. The average molecular weight is 383 g/mol. The van der Waals surface area contributed by atoms with E-state index in [1.54, 1.807) is 68.6 Å². The highest BCUT2D eigenvalue weighted by atomic mass is 32.2. The number of para-hydroxylation sites is 2. The second kappa shape index (κ2) is 7.85. The minimum Gasteiger partial charge on any atom is -0.325 e. The summed E-state index contributed by atoms with van der Waals surface area (Å²) in [5.41, 5.74) is 0.984. The van der Waals surface area contributed by atoms with Crippen molar-refractivity contribution < 1.29 is 13.2 Å². The molecule has 0 saturated carbocycles. The molecule has 1 heterocycles. The summed E-state index contributed by atoms with van der Waals surface area (Å²) in [6, 6.07) is 16.5. The fraction of sp³-hybridized carbons (Fsp3) is 0.200. The van der Waals surface area contributed by atoms with Crippen molar-refractivity contribution in [2.45, 2.75) is 24.8 Å². The number of sulfonamides is 1. The summed E-state index contributed by atoms with van der Waals surface area (Å²) >= 11 is 0. The first-order valence-electron chi connectivity index (χ1n) is 8.60. The smallest absolute Gasteiger partial charge is 0.243 e. The SMILES string of the molecule is CC(C)C(NS(=O)(=O)c1cccc2cccnc12)C(=O)Nc1ccccc1. The van der Waals surface area contributed by atoms with E-state index in [0.717, 1.165) is 5.39 Å². The Balaban J connectivity index is 1.90. The number of benzene rings is 2. The molecular formula is C20H21N3O3S. The van der Waals surface area contributed by atoms with Gasteiger partial charge in [0, 0.05) is 17.3 Å². The van der Waals surface area contributed by atoms with Gasteiger partial charge in [-0.05, 0) is 30.2 Å². The van der Waals surface area contributed by atoms with Crippen molar-refractivity contribution in [3.8, 4) is 0 Å². The lowest BCUT2D eigenvalue weighted by Crippen LogP contribution is -2.47. The molecule has 1 atom stereocenters. The van der Waals surface area contributed by atoms with Crippen LogP contribution in [-0.2, 0) is 14.8 Å². The average Bonchev–Trinajstić information content (AvgIpc) is 2.66. The number of anilines is 1. The molecule has 3 aromatic rings. The number of nitrogens with zero attached hydrogens (tertiary/aromatic N) is 1. The van der Waals surface area contributed by atoms with E-state index >= 15 is 0 Å². The third-order valence-electron chi connectivity index (χ3n) is 4.16. The predicted molar refractivity (Wildman–Crippen MR) is 106 cm³/mol. The molecule has 1 aromatic heterocycles. The lowest BCUT2D eigenvalue weighted by atomic mass is 10.0. The second-order valence-electron chi connectivity index (χ2n) is 6.53. The molecule has 0 aliphatic rings. The van der Waals surface area contributed by atoms with Crippen LogP contribution in [-0.4, -0.2) is 25.4 Å². The zero-order valence-corrected chi connectivity index (χ0v) is 15.9. The number of amides is 1. The number of carbonyl (C=O) groups is 1. The van der Waals surface area contributed by atoms with Gasteiger partial charge in [-0.1, -0.05) is 50.2 Å². The molecule has 7 heteroatoms. The number of fused-ring (bicyclic) bond motifs is 1. The van der Waals surface area contributed by atoms with Crippen LogP contribution in [0.1, 0.15) is 13.8 Å². The van der Waals surface area contributed by atoms with Gasteiger partial charge in [-0.3, -0.25) is 9.78 Å². The number of nitrogens with one attached hydrogen (secondary N) is 2. The van der Waals surface area contributed by atoms with Crippen molar-refractivity contribution >= 4 is 32.5 Å². The molecule has 0 radical (unpaired) electrons. The Labute approximate surface area is 158 Å². The second-order valence-corrected chi connectivity index (χ2v) is 8.21. The van der Waals surface area contributed by atoms with Crippen LogP contribution in [0.15, 0.2) is 71.8 Å². The summed E-state index contributed by atoms with van der Waals surface area (Å²) < 4.78 is 28.5. The van der Waals surface area contributed by atoms with E-state index < -0.39 is 22.0 Å². The summed E-state index contributed by atoms with van der Waals surface area (Å²) in [5, 5.41) is 3.47. The summed E-state index contributed by atoms with van der Waals surface area (Å²) in [7, 11) is -3.94. The van der Waals surface area contributed by atoms with Gasteiger partial charge in [0.05, 0.1) is 5.52 Å². The van der Waals surface area contributed by atoms with Crippen molar-refractivity contribution in [3.63, 3.8) is 0 Å². The van der Waals surface area contributed by atoms with Gasteiger partial charge in [0.25, 0.3) is 0 Å². The maximum Gasteiger partial charge on any atom is 0.243 e. The lowest BCUT2D eigenvalue weighted by Gasteiger charge is -2.22. The summed E-state index contributed by atoms with van der Waals surface area (Å²) in [6.45, 7) is 3.58. The lowest BCUT2D eigenvalue weighted by molar-refractivity contribution is -0.118. The quantitative estimate of drug-likeness (QED) is 0.684. The van der Waals surface area contributed by atoms with Crippen molar-refractivity contribution in [2.24, 2.45) is 5.92 Å². The summed E-state index contributed by atoms with van der Waals surface area (Å²) in [6.07, 6.45) is 1.55. The van der Waals surface area contributed by atoms with Crippen molar-refractivity contribution in [1.82, 2.24) is 9.71 Å². The van der Waals surface area contributed by atoms with Gasteiger partial charge >= 0.3 is 0 Å². The molecule has 6 nitrogen and oxygen atoms in total. The monoisotopic (exact) mass is 383 g/mol. The number of aromatic nitrogens is 1. The first kappa shape index (κ1) is 19.0. The molecule has 0 aliphatic carbocycles. The molecule has 2 N–H and O–H groups in total. The highest BCUT2D eigenvalue weighted by molar-refractivity contribution is 7.89. The van der Waals surface area contributed by atoms with Crippen LogP contribution in [0.3, 0.4) is 0 Å². The van der Waals surface area contributed by atoms with Gasteiger partial charge in [-0.25, -0.2) is 8.42 Å². The topological polar surface area (TPSA) is 88.2 Å². The van der Waals surface area contributed by atoms with Gasteiger partial charge in [-0.2, -0.15) is 4.72 Å². The number of hydrogen-bond acceptors (Lipinski definition) is 4. The number of pyridine rings is 1. The molecule has 1 unspecified atom stereocenters. The van der Waals surface area contributed by atoms with Crippen molar-refractivity contribution in [1.29, 1.82) is 0 Å². The highest BCUT2D eigenvalue weighted by Crippen LogP contribution is 2.21. The number of rotatable bonds is 6. The van der Waals surface area contributed by atoms with Crippen molar-refractivity contribution in [3.05, 3.63) is 66.9 Å².